The maximum Gasteiger partial charge on any atom is 0.460 e. The minimum Gasteiger partial charge on any atom is -0.200 e. The van der Waals surface area contributed by atoms with Crippen molar-refractivity contribution < 1.29 is 171 Å². The summed E-state index contributed by atoms with van der Waals surface area (Å²) in [6.45, 7) is 0. The molecule has 0 aromatic rings. The second-order valence-electron chi connectivity index (χ2n) is 14.3. The summed E-state index contributed by atoms with van der Waals surface area (Å²) < 4.78 is 533. The highest BCUT2D eigenvalue weighted by molar-refractivity contribution is 9.09. The lowest BCUT2D eigenvalue weighted by molar-refractivity contribution is -0.440. The van der Waals surface area contributed by atoms with Gasteiger partial charge in [-0.15, -0.1) is 0 Å². The van der Waals surface area contributed by atoms with Gasteiger partial charge in [-0.3, -0.25) is 0 Å². The quantitative estimate of drug-likeness (QED) is 0.0513. The van der Waals surface area contributed by atoms with Crippen LogP contribution in [-0.4, -0.2) is 121 Å². The van der Waals surface area contributed by atoms with Crippen LogP contribution in [0.2, 0.25) is 24.2 Å². The normalized spacial score (nSPS) is 16.8. The highest BCUT2D eigenvalue weighted by Crippen LogP contribution is 2.65. The first kappa shape index (κ1) is 66.0. The molecular weight excluding hydrogens is 1170 g/mol. The van der Waals surface area contributed by atoms with Crippen LogP contribution in [0.15, 0.2) is 0 Å². The number of rotatable bonds is 24. The Kier molecular flexibility index (Phi) is 17.6. The fourth-order valence-electron chi connectivity index (χ4n) is 5.34. The van der Waals surface area contributed by atoms with Crippen molar-refractivity contribution in [1.82, 2.24) is 0 Å². The summed E-state index contributed by atoms with van der Waals surface area (Å²) in [6.07, 6.45) is -37.7. The molecule has 0 amide bonds. The average molecular weight is 1190 g/mol. The molecular formula is C27H18BrF39Si. The van der Waals surface area contributed by atoms with Crippen LogP contribution in [-0.2, 0) is 0 Å². The predicted molar refractivity (Wildman–Crippen MR) is 150 cm³/mol. The van der Waals surface area contributed by atoms with Crippen molar-refractivity contribution in [1.29, 1.82) is 0 Å². The Morgan fingerprint density at radius 3 is 0.529 bits per heavy atom. The Bertz CT molecular complexity index is 1510. The molecule has 0 fully saturated rings. The lowest BCUT2D eigenvalue weighted by Crippen LogP contribution is -2.70. The molecule has 0 rings (SSSR count). The lowest BCUT2D eigenvalue weighted by Gasteiger charge is -2.43. The molecule has 0 spiro atoms. The zero-order chi connectivity index (χ0) is 55.9. The van der Waals surface area contributed by atoms with Crippen molar-refractivity contribution in [3.63, 3.8) is 0 Å². The third kappa shape index (κ3) is 10.0. The number of halogens is 40. The second-order valence-corrected chi connectivity index (χ2v) is 20.1. The molecule has 0 N–H and O–H groups in total. The van der Waals surface area contributed by atoms with E-state index in [2.05, 4.69) is 15.9 Å². The van der Waals surface area contributed by atoms with Crippen molar-refractivity contribution in [3.8, 4) is 0 Å². The monoisotopic (exact) mass is 1190 g/mol. The van der Waals surface area contributed by atoms with Gasteiger partial charge in [0.15, 0.2) is 0 Å². The fraction of sp³-hybridized carbons (Fsp3) is 1.00. The SMILES string of the molecule is FC(F)(F)C(F)(F)C(F)(F)C(F)(F)C(F)(F)C(F)(F)CC[Si](CCCBr)(CCC(F)(F)C(F)(F)C(F)(F)C(F)(F)C(F)(F)C(F)(F)F)CCC(F)(F)C(F)(F)C(F)(F)C(F)(F)C(F)(F)C(F)(F)F. The van der Waals surface area contributed by atoms with Gasteiger partial charge in [0, 0.05) is 24.6 Å². The maximum atomic E-state index is 14.8. The van der Waals surface area contributed by atoms with Gasteiger partial charge in [0.25, 0.3) is 0 Å². The molecule has 0 saturated carbocycles. The van der Waals surface area contributed by atoms with Crippen LogP contribution in [0.3, 0.4) is 0 Å². The molecule has 410 valence electrons. The minimum atomic E-state index is -8.84. The Labute approximate surface area is 358 Å². The summed E-state index contributed by atoms with van der Waals surface area (Å²) >= 11 is 2.20. The predicted octanol–water partition coefficient (Wildman–Crippen LogP) is 16.6. The molecule has 0 aliphatic heterocycles. The molecule has 0 bridgehead atoms. The van der Waals surface area contributed by atoms with Gasteiger partial charge in [0.2, 0.25) is 0 Å². The van der Waals surface area contributed by atoms with Gasteiger partial charge in [-0.1, -0.05) is 40.1 Å². The molecule has 41 heteroatoms. The highest BCUT2D eigenvalue weighted by Gasteiger charge is 2.93. The van der Waals surface area contributed by atoms with E-state index in [1.807, 2.05) is 0 Å². The first-order chi connectivity index (χ1) is 28.9. The topological polar surface area (TPSA) is 0 Å². The van der Waals surface area contributed by atoms with E-state index < -0.39 is 171 Å². The summed E-state index contributed by atoms with van der Waals surface area (Å²) in [6, 6.07) is -11.6. The largest absolute Gasteiger partial charge is 0.460 e. The Balaban J connectivity index is 8.11. The van der Waals surface area contributed by atoms with Crippen LogP contribution >= 0.6 is 15.9 Å². The van der Waals surface area contributed by atoms with Gasteiger partial charge in [-0.05, 0) is 6.42 Å². The molecule has 68 heavy (non-hydrogen) atoms. The third-order valence-electron chi connectivity index (χ3n) is 9.74. The third-order valence-corrected chi connectivity index (χ3v) is 15.7. The summed E-state index contributed by atoms with van der Waals surface area (Å²) in [7, 11) is -6.65. The average Bonchev–Trinajstić information content (AvgIpc) is 3.11. The van der Waals surface area contributed by atoms with Gasteiger partial charge in [-0.25, -0.2) is 0 Å². The standard InChI is InChI=1S/C27H18BrF39Si/c28-5-1-6-68(7-2-10(29,30)13(35,36)16(41,42)19(47,48)22(53,54)25(59,60)61,8-3-11(31,32)14(37,38)17(43,44)20(49,50)23(55,56)26(62,63)64)9-4-12(33,34)15(39,40)18(45,46)21(51,52)24(57,58)27(65,66)67/h1-9H2. The van der Waals surface area contributed by atoms with Crippen molar-refractivity contribution in [2.75, 3.05) is 5.33 Å². The number of hydrogen-bond acceptors (Lipinski definition) is 0. The molecule has 0 aromatic heterocycles. The molecule has 0 heterocycles. The van der Waals surface area contributed by atoms with Crippen LogP contribution in [0, 0.1) is 0 Å². The van der Waals surface area contributed by atoms with E-state index in [1.54, 1.807) is 0 Å². The fourth-order valence-corrected chi connectivity index (χ4v) is 11.1. The van der Waals surface area contributed by atoms with Crippen molar-refractivity contribution in [2.45, 2.75) is 157 Å². The van der Waals surface area contributed by atoms with Gasteiger partial charge < -0.3 is 0 Å². The number of hydrogen-bond donors (Lipinski definition) is 0. The Morgan fingerprint density at radius 2 is 0.382 bits per heavy atom. The lowest BCUT2D eigenvalue weighted by atomic mass is 9.93. The van der Waals surface area contributed by atoms with Crippen LogP contribution in [0.5, 0.6) is 0 Å². The van der Waals surface area contributed by atoms with E-state index in [0.29, 0.717) is 0 Å². The Morgan fingerprint density at radius 1 is 0.221 bits per heavy atom. The summed E-state index contributed by atoms with van der Waals surface area (Å²) in [5, 5.41) is -1.13. The highest BCUT2D eigenvalue weighted by atomic mass is 79.9. The summed E-state index contributed by atoms with van der Waals surface area (Å²) in [5.41, 5.74) is 0. The summed E-state index contributed by atoms with van der Waals surface area (Å²) in [4.78, 5) is 0. The van der Waals surface area contributed by atoms with E-state index in [0.717, 1.165) is 0 Å². The molecule has 0 saturated heterocycles. The smallest absolute Gasteiger partial charge is 0.200 e. The van der Waals surface area contributed by atoms with Crippen molar-refractivity contribution >= 4 is 24.0 Å². The van der Waals surface area contributed by atoms with E-state index >= 15 is 0 Å². The number of alkyl halides is 40. The molecule has 0 radical (unpaired) electrons. The zero-order valence-corrected chi connectivity index (χ0v) is 33.6. The Hall–Kier alpha value is -2.03. The van der Waals surface area contributed by atoms with Crippen molar-refractivity contribution in [3.05, 3.63) is 0 Å². The molecule has 0 atom stereocenters. The van der Waals surface area contributed by atoms with E-state index in [9.17, 15) is 171 Å². The molecule has 0 aliphatic rings. The van der Waals surface area contributed by atoms with E-state index in [-0.39, 0.29) is 0 Å². The van der Waals surface area contributed by atoms with Crippen LogP contribution in [0.1, 0.15) is 25.7 Å². The molecule has 0 nitrogen and oxygen atoms in total. The van der Waals surface area contributed by atoms with Crippen LogP contribution in [0.4, 0.5) is 171 Å². The van der Waals surface area contributed by atoms with Crippen molar-refractivity contribution in [2.24, 2.45) is 0 Å². The van der Waals surface area contributed by atoms with Gasteiger partial charge in [-0.2, -0.15) is 171 Å². The molecule has 0 unspecified atom stereocenters. The van der Waals surface area contributed by atoms with Gasteiger partial charge in [0.05, 0.1) is 8.07 Å². The first-order valence-electron chi connectivity index (χ1n) is 16.4. The van der Waals surface area contributed by atoms with Crippen LogP contribution < -0.4 is 0 Å². The maximum absolute atomic E-state index is 14.8. The first-order valence-corrected chi connectivity index (χ1v) is 20.3. The zero-order valence-electron chi connectivity index (χ0n) is 31.0. The van der Waals surface area contributed by atoms with Gasteiger partial charge >= 0.3 is 107 Å². The van der Waals surface area contributed by atoms with Gasteiger partial charge in [0.1, 0.15) is 0 Å². The van der Waals surface area contributed by atoms with E-state index in [1.165, 1.54) is 0 Å². The molecule has 0 aromatic carbocycles. The second kappa shape index (κ2) is 18.2. The van der Waals surface area contributed by atoms with E-state index in [4.69, 9.17) is 0 Å². The summed E-state index contributed by atoms with van der Waals surface area (Å²) in [5.74, 6) is -127. The minimum absolute atomic E-state index is 1.13. The molecule has 0 aliphatic carbocycles. The van der Waals surface area contributed by atoms with Crippen LogP contribution in [0.25, 0.3) is 0 Å².